The molecule has 0 saturated carbocycles. The van der Waals surface area contributed by atoms with Gasteiger partial charge in [-0.25, -0.2) is 0 Å². The number of carbonyl (C=O) groups excluding carboxylic acids is 1. The summed E-state index contributed by atoms with van der Waals surface area (Å²) in [5, 5.41) is 10.7. The van der Waals surface area contributed by atoms with E-state index in [0.29, 0.717) is 0 Å². The SMILES string of the molecule is CC(C)C(SCc1ccccc1)C(=O)NNc1ccccc1[N+](=O)[O-]. The number of hydrogen-bond donors (Lipinski definition) is 2. The Balaban J connectivity index is 1.98. The van der Waals surface area contributed by atoms with Crippen molar-refractivity contribution in [2.24, 2.45) is 5.92 Å². The van der Waals surface area contributed by atoms with Crippen LogP contribution in [-0.4, -0.2) is 16.1 Å². The van der Waals surface area contributed by atoms with Gasteiger partial charge in [0.1, 0.15) is 5.69 Å². The molecular formula is C18H21N3O3S. The third-order valence-corrected chi connectivity index (χ3v) is 5.17. The van der Waals surface area contributed by atoms with E-state index < -0.39 is 4.92 Å². The van der Waals surface area contributed by atoms with E-state index in [1.165, 1.54) is 6.07 Å². The number of hydrogen-bond acceptors (Lipinski definition) is 5. The summed E-state index contributed by atoms with van der Waals surface area (Å²) in [5.74, 6) is 0.651. The quantitative estimate of drug-likeness (QED) is 0.550. The van der Waals surface area contributed by atoms with Gasteiger partial charge in [0.15, 0.2) is 0 Å². The van der Waals surface area contributed by atoms with Crippen molar-refractivity contribution in [1.29, 1.82) is 0 Å². The minimum Gasteiger partial charge on any atom is -0.292 e. The number of nitrogens with zero attached hydrogens (tertiary/aromatic N) is 1. The van der Waals surface area contributed by atoms with Crippen LogP contribution in [0.1, 0.15) is 19.4 Å². The number of thioether (sulfide) groups is 1. The van der Waals surface area contributed by atoms with Gasteiger partial charge in [0, 0.05) is 11.8 Å². The zero-order chi connectivity index (χ0) is 18.2. The van der Waals surface area contributed by atoms with Crippen molar-refractivity contribution in [3.8, 4) is 0 Å². The Hall–Kier alpha value is -2.54. The average Bonchev–Trinajstić information content (AvgIpc) is 2.61. The normalized spacial score (nSPS) is 11.8. The summed E-state index contributed by atoms with van der Waals surface area (Å²) >= 11 is 1.55. The zero-order valence-corrected chi connectivity index (χ0v) is 15.0. The number of nitro groups is 1. The molecule has 6 nitrogen and oxygen atoms in total. The highest BCUT2D eigenvalue weighted by molar-refractivity contribution is 7.99. The first-order valence-electron chi connectivity index (χ1n) is 7.94. The molecule has 0 aliphatic carbocycles. The van der Waals surface area contributed by atoms with E-state index in [4.69, 9.17) is 0 Å². The Morgan fingerprint density at radius 2 is 1.76 bits per heavy atom. The van der Waals surface area contributed by atoms with E-state index in [9.17, 15) is 14.9 Å². The van der Waals surface area contributed by atoms with Crippen molar-refractivity contribution < 1.29 is 9.72 Å². The second kappa shape index (κ2) is 9.08. The number of nitrogens with one attached hydrogen (secondary N) is 2. The molecule has 1 amide bonds. The molecule has 0 aliphatic rings. The average molecular weight is 359 g/mol. The second-order valence-corrected chi connectivity index (χ2v) is 6.98. The summed E-state index contributed by atoms with van der Waals surface area (Å²) in [6, 6.07) is 16.1. The first-order chi connectivity index (χ1) is 12.0. The second-order valence-electron chi connectivity index (χ2n) is 5.85. The molecule has 1 unspecified atom stereocenters. The van der Waals surface area contributed by atoms with E-state index >= 15 is 0 Å². The Labute approximate surface area is 151 Å². The van der Waals surface area contributed by atoms with Gasteiger partial charge in [-0.2, -0.15) is 0 Å². The van der Waals surface area contributed by atoms with E-state index in [2.05, 4.69) is 10.9 Å². The number of carbonyl (C=O) groups is 1. The third kappa shape index (κ3) is 5.49. The first kappa shape index (κ1) is 18.8. The number of hydrazine groups is 1. The molecule has 0 aliphatic heterocycles. The van der Waals surface area contributed by atoms with Crippen LogP contribution in [0.15, 0.2) is 54.6 Å². The maximum Gasteiger partial charge on any atom is 0.294 e. The predicted molar refractivity (Wildman–Crippen MR) is 101 cm³/mol. The molecule has 0 radical (unpaired) electrons. The van der Waals surface area contributed by atoms with Gasteiger partial charge < -0.3 is 0 Å². The summed E-state index contributed by atoms with van der Waals surface area (Å²) in [4.78, 5) is 23.0. The Morgan fingerprint density at radius 1 is 1.12 bits per heavy atom. The van der Waals surface area contributed by atoms with Crippen molar-refractivity contribution in [3.05, 3.63) is 70.3 Å². The molecular weight excluding hydrogens is 338 g/mol. The number of benzene rings is 2. The molecule has 2 N–H and O–H groups in total. The van der Waals surface area contributed by atoms with Crippen LogP contribution < -0.4 is 10.9 Å². The summed E-state index contributed by atoms with van der Waals surface area (Å²) in [5.41, 5.74) is 6.60. The Bertz CT molecular complexity index is 723. The molecule has 0 fully saturated rings. The van der Waals surface area contributed by atoms with Crippen LogP contribution in [0.25, 0.3) is 0 Å². The molecule has 2 aromatic rings. The topological polar surface area (TPSA) is 84.3 Å². The van der Waals surface area contributed by atoms with Gasteiger partial charge >= 0.3 is 0 Å². The van der Waals surface area contributed by atoms with Gasteiger partial charge in [-0.3, -0.25) is 25.8 Å². The first-order valence-corrected chi connectivity index (χ1v) is 8.98. The van der Waals surface area contributed by atoms with Crippen molar-refractivity contribution in [2.75, 3.05) is 5.43 Å². The summed E-state index contributed by atoms with van der Waals surface area (Å²) in [6.07, 6.45) is 0. The van der Waals surface area contributed by atoms with Crippen LogP contribution in [0, 0.1) is 16.0 Å². The molecule has 2 rings (SSSR count). The Kier molecular flexibility index (Phi) is 6.82. The van der Waals surface area contributed by atoms with Gasteiger partial charge in [-0.05, 0) is 17.5 Å². The Morgan fingerprint density at radius 3 is 2.40 bits per heavy atom. The lowest BCUT2D eigenvalue weighted by Crippen LogP contribution is -2.39. The fraction of sp³-hybridized carbons (Fsp3) is 0.278. The van der Waals surface area contributed by atoms with E-state index in [1.54, 1.807) is 30.0 Å². The lowest BCUT2D eigenvalue weighted by atomic mass is 10.1. The molecule has 1 atom stereocenters. The molecule has 0 spiro atoms. The lowest BCUT2D eigenvalue weighted by Gasteiger charge is -2.20. The maximum absolute atomic E-state index is 12.5. The van der Waals surface area contributed by atoms with Crippen LogP contribution in [-0.2, 0) is 10.5 Å². The highest BCUT2D eigenvalue weighted by Gasteiger charge is 2.23. The number of para-hydroxylation sites is 2. The fourth-order valence-electron chi connectivity index (χ4n) is 2.27. The van der Waals surface area contributed by atoms with Crippen LogP contribution in [0.4, 0.5) is 11.4 Å². The van der Waals surface area contributed by atoms with Crippen LogP contribution in [0.2, 0.25) is 0 Å². The largest absolute Gasteiger partial charge is 0.294 e. The summed E-state index contributed by atoms with van der Waals surface area (Å²) in [7, 11) is 0. The van der Waals surface area contributed by atoms with E-state index in [-0.39, 0.29) is 28.4 Å². The molecule has 0 bridgehead atoms. The number of anilines is 1. The summed E-state index contributed by atoms with van der Waals surface area (Å²) in [6.45, 7) is 3.96. The molecule has 0 heterocycles. The van der Waals surface area contributed by atoms with Crippen molar-refractivity contribution >= 4 is 29.0 Å². The third-order valence-electron chi connectivity index (χ3n) is 3.56. The van der Waals surface area contributed by atoms with Crippen molar-refractivity contribution in [1.82, 2.24) is 5.43 Å². The minimum atomic E-state index is -0.488. The highest BCUT2D eigenvalue weighted by atomic mass is 32.2. The number of amides is 1. The highest BCUT2D eigenvalue weighted by Crippen LogP contribution is 2.25. The van der Waals surface area contributed by atoms with Crippen molar-refractivity contribution in [3.63, 3.8) is 0 Å². The smallest absolute Gasteiger partial charge is 0.292 e. The maximum atomic E-state index is 12.5. The monoisotopic (exact) mass is 359 g/mol. The zero-order valence-electron chi connectivity index (χ0n) is 14.1. The molecule has 0 aromatic heterocycles. The number of rotatable bonds is 8. The van der Waals surface area contributed by atoms with Gasteiger partial charge in [-0.1, -0.05) is 56.3 Å². The molecule has 0 saturated heterocycles. The predicted octanol–water partition coefficient (Wildman–Crippen LogP) is 4.00. The van der Waals surface area contributed by atoms with E-state index in [1.807, 2.05) is 44.2 Å². The molecule has 25 heavy (non-hydrogen) atoms. The van der Waals surface area contributed by atoms with Gasteiger partial charge in [-0.15, -0.1) is 11.8 Å². The van der Waals surface area contributed by atoms with Crippen molar-refractivity contribution in [2.45, 2.75) is 24.9 Å². The molecule has 132 valence electrons. The minimum absolute atomic E-state index is 0.0826. The fourth-order valence-corrected chi connectivity index (χ4v) is 3.43. The van der Waals surface area contributed by atoms with Crippen LogP contribution in [0.5, 0.6) is 0 Å². The molecule has 7 heteroatoms. The van der Waals surface area contributed by atoms with Gasteiger partial charge in [0.2, 0.25) is 0 Å². The molecule has 2 aromatic carbocycles. The summed E-state index contributed by atoms with van der Waals surface area (Å²) < 4.78 is 0. The van der Waals surface area contributed by atoms with Gasteiger partial charge in [0.25, 0.3) is 11.6 Å². The number of nitro benzene ring substituents is 1. The van der Waals surface area contributed by atoms with Gasteiger partial charge in [0.05, 0.1) is 10.2 Å². The van der Waals surface area contributed by atoms with Crippen LogP contribution in [0.3, 0.4) is 0 Å². The standard InChI is InChI=1S/C18H21N3O3S/c1-13(2)17(25-12-14-8-4-3-5-9-14)18(22)20-19-15-10-6-7-11-16(15)21(23)24/h3-11,13,17,19H,12H2,1-2H3,(H,20,22). The van der Waals surface area contributed by atoms with E-state index in [0.717, 1.165) is 11.3 Å². The van der Waals surface area contributed by atoms with Crippen LogP contribution >= 0.6 is 11.8 Å². The lowest BCUT2D eigenvalue weighted by molar-refractivity contribution is -0.384.